The second-order valence-corrected chi connectivity index (χ2v) is 8.50. The summed E-state index contributed by atoms with van der Waals surface area (Å²) in [5.41, 5.74) is 0. The Morgan fingerprint density at radius 2 is 1.84 bits per heavy atom. The first-order chi connectivity index (χ1) is 12.0. The van der Waals surface area contributed by atoms with Crippen molar-refractivity contribution in [2.45, 2.75) is 45.4 Å². The smallest absolute Gasteiger partial charge is 0.323 e. The van der Waals surface area contributed by atoms with Gasteiger partial charge in [-0.2, -0.15) is 0 Å². The molecule has 0 aromatic heterocycles. The molecule has 138 valence electrons. The van der Waals surface area contributed by atoms with E-state index < -0.39 is 12.5 Å². The van der Waals surface area contributed by atoms with Crippen LogP contribution in [0.2, 0.25) is 0 Å². The molecule has 2 aliphatic rings. The van der Waals surface area contributed by atoms with Crippen LogP contribution in [0.1, 0.15) is 45.4 Å². The molecule has 0 radical (unpaired) electrons. The van der Waals surface area contributed by atoms with Crippen molar-refractivity contribution < 1.29 is 19.5 Å². The van der Waals surface area contributed by atoms with Crippen molar-refractivity contribution in [3.05, 3.63) is 9.93 Å². The maximum absolute atomic E-state index is 12.7. The molecule has 2 fully saturated rings. The van der Waals surface area contributed by atoms with E-state index in [1.165, 1.54) is 35.9 Å². The summed E-state index contributed by atoms with van der Waals surface area (Å²) in [5.74, 6) is -1.44. The van der Waals surface area contributed by atoms with Crippen LogP contribution in [0.5, 0.6) is 0 Å². The highest BCUT2D eigenvalue weighted by Crippen LogP contribution is 2.41. The Morgan fingerprint density at radius 3 is 2.52 bits per heavy atom. The fourth-order valence-electron chi connectivity index (χ4n) is 2.65. The third kappa shape index (κ3) is 5.21. The van der Waals surface area contributed by atoms with Gasteiger partial charge in [0.05, 0.1) is 10.8 Å². The number of amides is 2. The second kappa shape index (κ2) is 9.59. The lowest BCUT2D eigenvalue weighted by molar-refractivity contribution is -0.141. The Labute approximate surface area is 161 Å². The zero-order valence-electron chi connectivity index (χ0n) is 14.2. The first kappa shape index (κ1) is 20.3. The van der Waals surface area contributed by atoms with Crippen molar-refractivity contribution in [3.8, 4) is 0 Å². The highest BCUT2D eigenvalue weighted by Gasteiger charge is 2.39. The Hall–Kier alpha value is -1.06. The number of unbranched alkanes of at least 4 members (excludes halogenated alkanes) is 5. The van der Waals surface area contributed by atoms with E-state index in [1.54, 1.807) is 4.90 Å². The van der Waals surface area contributed by atoms with Gasteiger partial charge in [0.2, 0.25) is 5.91 Å². The van der Waals surface area contributed by atoms with Crippen LogP contribution in [0.3, 0.4) is 0 Å². The molecular weight excluding hydrogens is 380 g/mol. The normalized spacial score (nSPS) is 20.9. The number of nitrogens with zero attached hydrogens (tertiary/aromatic N) is 2. The molecule has 25 heavy (non-hydrogen) atoms. The minimum atomic E-state index is -1.10. The van der Waals surface area contributed by atoms with E-state index in [4.69, 9.17) is 17.3 Å². The Kier molecular flexibility index (Phi) is 7.77. The third-order valence-corrected chi connectivity index (χ3v) is 6.61. The maximum Gasteiger partial charge on any atom is 0.323 e. The van der Waals surface area contributed by atoms with Gasteiger partial charge in [-0.1, -0.05) is 74.8 Å². The predicted molar refractivity (Wildman–Crippen MR) is 104 cm³/mol. The van der Waals surface area contributed by atoms with E-state index in [0.29, 0.717) is 20.8 Å². The molecule has 2 heterocycles. The molecule has 6 nitrogen and oxygen atoms in total. The molecule has 0 aromatic rings. The summed E-state index contributed by atoms with van der Waals surface area (Å²) in [4.78, 5) is 38.6. The molecule has 1 N–H and O–H groups in total. The van der Waals surface area contributed by atoms with Crippen LogP contribution >= 0.6 is 35.7 Å². The number of thioether (sulfide) groups is 2. The van der Waals surface area contributed by atoms with Crippen molar-refractivity contribution in [2.24, 2.45) is 0 Å². The Balaban J connectivity index is 1.99. The van der Waals surface area contributed by atoms with Gasteiger partial charge < -0.3 is 5.11 Å². The largest absolute Gasteiger partial charge is 0.480 e. The highest BCUT2D eigenvalue weighted by molar-refractivity contribution is 8.27. The number of carboxylic acids is 1. The minimum Gasteiger partial charge on any atom is -0.480 e. The molecule has 0 atom stereocenters. The van der Waals surface area contributed by atoms with E-state index in [9.17, 15) is 14.4 Å². The van der Waals surface area contributed by atoms with E-state index in [1.807, 2.05) is 0 Å². The van der Waals surface area contributed by atoms with Gasteiger partial charge in [-0.25, -0.2) is 0 Å². The van der Waals surface area contributed by atoms with Crippen molar-refractivity contribution in [3.63, 3.8) is 0 Å². The van der Waals surface area contributed by atoms with Gasteiger partial charge in [-0.05, 0) is 6.42 Å². The minimum absolute atomic E-state index is 0.157. The van der Waals surface area contributed by atoms with E-state index in [2.05, 4.69) is 6.92 Å². The number of thiocarbonyl (C=S) groups is 1. The van der Waals surface area contributed by atoms with Crippen molar-refractivity contribution in [1.82, 2.24) is 9.80 Å². The number of rotatable bonds is 9. The van der Waals surface area contributed by atoms with Crippen LogP contribution in [-0.2, 0) is 14.4 Å². The van der Waals surface area contributed by atoms with E-state index in [-0.39, 0.29) is 17.6 Å². The first-order valence-corrected chi connectivity index (χ1v) is 10.6. The molecular formula is C16H22N2O4S3. The van der Waals surface area contributed by atoms with Crippen LogP contribution in [0, 0.1) is 0 Å². The maximum atomic E-state index is 12.7. The van der Waals surface area contributed by atoms with Gasteiger partial charge in [0.25, 0.3) is 5.91 Å². The lowest BCUT2D eigenvalue weighted by Crippen LogP contribution is -2.32. The highest BCUT2D eigenvalue weighted by atomic mass is 32.2. The number of carbonyl (C=O) groups is 3. The average Bonchev–Trinajstić information content (AvgIpc) is 3.04. The number of hydrogen-bond acceptors (Lipinski definition) is 6. The van der Waals surface area contributed by atoms with Gasteiger partial charge >= 0.3 is 5.97 Å². The third-order valence-electron chi connectivity index (χ3n) is 3.95. The van der Waals surface area contributed by atoms with Gasteiger partial charge in [0.1, 0.15) is 15.8 Å². The average molecular weight is 403 g/mol. The van der Waals surface area contributed by atoms with E-state index >= 15 is 0 Å². The Bertz CT molecular complexity index is 606. The molecule has 0 saturated carbocycles. The molecule has 2 aliphatic heterocycles. The number of hydrogen-bond donors (Lipinski definition) is 1. The monoisotopic (exact) mass is 402 g/mol. The lowest BCUT2D eigenvalue weighted by atomic mass is 10.1. The topological polar surface area (TPSA) is 77.9 Å². The van der Waals surface area contributed by atoms with Crippen molar-refractivity contribution in [2.75, 3.05) is 18.8 Å². The lowest BCUT2D eigenvalue weighted by Gasteiger charge is -2.16. The molecule has 9 heteroatoms. The molecule has 0 unspecified atom stereocenters. The van der Waals surface area contributed by atoms with Crippen molar-refractivity contribution in [1.29, 1.82) is 0 Å². The van der Waals surface area contributed by atoms with Gasteiger partial charge in [-0.3, -0.25) is 24.2 Å². The van der Waals surface area contributed by atoms with Crippen LogP contribution in [-0.4, -0.2) is 55.9 Å². The zero-order valence-corrected chi connectivity index (χ0v) is 16.6. The van der Waals surface area contributed by atoms with Gasteiger partial charge in [0, 0.05) is 6.54 Å². The van der Waals surface area contributed by atoms with Crippen LogP contribution in [0.15, 0.2) is 9.93 Å². The van der Waals surface area contributed by atoms with Crippen LogP contribution in [0.4, 0.5) is 0 Å². The summed E-state index contributed by atoms with van der Waals surface area (Å²) in [7, 11) is 0. The Morgan fingerprint density at radius 1 is 1.16 bits per heavy atom. The standard InChI is InChI=1S/C16H22N2O4S3/c1-2-3-4-5-6-7-8-17-14(22)13(25-16(17)23)15-18(9-12(20)21)11(19)10-24-15/h2-10H2,1H3,(H,20,21)/b15-13-. The van der Waals surface area contributed by atoms with Gasteiger partial charge in [-0.15, -0.1) is 0 Å². The van der Waals surface area contributed by atoms with Gasteiger partial charge in [0.15, 0.2) is 0 Å². The summed E-state index contributed by atoms with van der Waals surface area (Å²) >= 11 is 7.68. The molecule has 0 aromatic carbocycles. The predicted octanol–water partition coefficient (Wildman–Crippen LogP) is 3.04. The second-order valence-electron chi connectivity index (χ2n) is 5.89. The first-order valence-electron chi connectivity index (χ1n) is 8.38. The summed E-state index contributed by atoms with van der Waals surface area (Å²) in [5, 5.41) is 9.40. The van der Waals surface area contributed by atoms with E-state index in [0.717, 1.165) is 31.0 Å². The molecule has 0 spiro atoms. The quantitative estimate of drug-likeness (QED) is 0.361. The number of carbonyl (C=O) groups excluding carboxylic acids is 2. The number of carboxylic acid groups (broad SMARTS) is 1. The fraction of sp³-hybridized carbons (Fsp3) is 0.625. The molecule has 0 bridgehead atoms. The van der Waals surface area contributed by atoms with Crippen LogP contribution < -0.4 is 0 Å². The molecule has 2 saturated heterocycles. The molecule has 0 aliphatic carbocycles. The zero-order chi connectivity index (χ0) is 18.4. The molecule has 2 amide bonds. The SMILES string of the molecule is CCCCCCCCN1C(=O)/C(=C2/SCC(=O)N2CC(=O)O)SC1=S. The molecule has 2 rings (SSSR count). The number of aliphatic carboxylic acids is 1. The summed E-state index contributed by atoms with van der Waals surface area (Å²) in [6.45, 7) is 2.32. The fourth-order valence-corrected chi connectivity index (χ4v) is 5.19. The van der Waals surface area contributed by atoms with Crippen LogP contribution in [0.25, 0.3) is 0 Å². The summed E-state index contributed by atoms with van der Waals surface area (Å²) in [6, 6.07) is 0. The summed E-state index contributed by atoms with van der Waals surface area (Å²) < 4.78 is 0.483. The summed E-state index contributed by atoms with van der Waals surface area (Å²) in [6.07, 6.45) is 6.75. The van der Waals surface area contributed by atoms with Crippen molar-refractivity contribution >= 4 is 57.8 Å².